The van der Waals surface area contributed by atoms with Gasteiger partial charge in [0.15, 0.2) is 0 Å². The van der Waals surface area contributed by atoms with Crippen LogP contribution in [0.3, 0.4) is 0 Å². The molecule has 2 aromatic rings. The third kappa shape index (κ3) is 2.14. The van der Waals surface area contributed by atoms with Crippen LogP contribution < -0.4 is 17.0 Å². The fraction of sp³-hybridized carbons (Fsp3) is 0.111. The van der Waals surface area contributed by atoms with E-state index in [1.54, 1.807) is 0 Å². The number of nitrogens with one attached hydrogen (secondary N) is 1. The van der Waals surface area contributed by atoms with Gasteiger partial charge in [-0.05, 0) is 0 Å². The number of nitrogens with zero attached hydrogens (tertiary/aromatic N) is 3. The largest absolute Gasteiger partial charge is 0.382 e. The van der Waals surface area contributed by atoms with E-state index in [1.807, 2.05) is 0 Å². The van der Waals surface area contributed by atoms with Crippen LogP contribution in [0.2, 0.25) is 0 Å². The van der Waals surface area contributed by atoms with Gasteiger partial charge in [-0.2, -0.15) is 0 Å². The van der Waals surface area contributed by atoms with E-state index >= 15 is 0 Å². The van der Waals surface area contributed by atoms with Gasteiger partial charge in [0.05, 0.1) is 24.6 Å². The number of rotatable bonds is 2. The molecular formula is C9H9N5O2. The lowest BCUT2D eigenvalue weighted by atomic mass is 10.4. The summed E-state index contributed by atoms with van der Waals surface area (Å²) in [6.07, 6.45) is 4.29. The van der Waals surface area contributed by atoms with Crippen molar-refractivity contribution in [3.63, 3.8) is 0 Å². The maximum atomic E-state index is 11.3. The standard InChI is InChI=1S/C9H9N5O2/c10-7-4-11-6(3-12-7)5-14-2-1-8(15)13-9(14)16/h1-4H,5H2,(H2,10,12)(H,13,15,16). The molecule has 2 heterocycles. The summed E-state index contributed by atoms with van der Waals surface area (Å²) in [4.78, 5) is 32.2. The highest BCUT2D eigenvalue weighted by Gasteiger charge is 1.99. The average Bonchev–Trinajstić information content (AvgIpc) is 2.25. The Labute approximate surface area is 89.6 Å². The monoisotopic (exact) mass is 219 g/mol. The maximum absolute atomic E-state index is 11.3. The van der Waals surface area contributed by atoms with Gasteiger partial charge in [-0.3, -0.25) is 19.3 Å². The molecule has 0 aliphatic carbocycles. The Morgan fingerprint density at radius 1 is 1.31 bits per heavy atom. The normalized spacial score (nSPS) is 10.2. The molecule has 0 bridgehead atoms. The number of aromatic nitrogens is 4. The first-order chi connectivity index (χ1) is 7.65. The molecule has 2 aromatic heterocycles. The zero-order valence-electron chi connectivity index (χ0n) is 8.25. The second kappa shape index (κ2) is 3.97. The molecule has 7 nitrogen and oxygen atoms in total. The highest BCUT2D eigenvalue weighted by Crippen LogP contribution is 1.96. The van der Waals surface area contributed by atoms with Crippen molar-refractivity contribution < 1.29 is 0 Å². The van der Waals surface area contributed by atoms with E-state index in [9.17, 15) is 9.59 Å². The van der Waals surface area contributed by atoms with E-state index in [0.717, 1.165) is 0 Å². The number of hydrogen-bond donors (Lipinski definition) is 2. The fourth-order valence-electron chi connectivity index (χ4n) is 1.19. The molecular weight excluding hydrogens is 210 g/mol. The minimum Gasteiger partial charge on any atom is -0.382 e. The Morgan fingerprint density at radius 2 is 2.12 bits per heavy atom. The summed E-state index contributed by atoms with van der Waals surface area (Å²) >= 11 is 0. The minimum atomic E-state index is -0.480. The fourth-order valence-corrected chi connectivity index (χ4v) is 1.19. The summed E-state index contributed by atoms with van der Waals surface area (Å²) in [5.74, 6) is 0.317. The van der Waals surface area contributed by atoms with Crippen molar-refractivity contribution in [2.45, 2.75) is 6.54 Å². The molecule has 7 heteroatoms. The Bertz CT molecular complexity index is 598. The molecule has 0 unspecified atom stereocenters. The summed E-state index contributed by atoms with van der Waals surface area (Å²) < 4.78 is 1.32. The summed E-state index contributed by atoms with van der Waals surface area (Å²) in [6.45, 7) is 0.239. The van der Waals surface area contributed by atoms with E-state index in [4.69, 9.17) is 5.73 Å². The summed E-state index contributed by atoms with van der Waals surface area (Å²) in [6, 6.07) is 1.27. The van der Waals surface area contributed by atoms with Crippen molar-refractivity contribution in [3.05, 3.63) is 51.2 Å². The second-order valence-corrected chi connectivity index (χ2v) is 3.17. The molecule has 0 fully saturated rings. The van der Waals surface area contributed by atoms with Gasteiger partial charge in [0.1, 0.15) is 5.82 Å². The molecule has 0 aliphatic rings. The van der Waals surface area contributed by atoms with Crippen LogP contribution in [-0.4, -0.2) is 19.5 Å². The van der Waals surface area contributed by atoms with E-state index in [1.165, 1.54) is 29.2 Å². The first-order valence-electron chi connectivity index (χ1n) is 4.51. The van der Waals surface area contributed by atoms with Gasteiger partial charge in [-0.25, -0.2) is 9.78 Å². The molecule has 0 spiro atoms. The highest BCUT2D eigenvalue weighted by atomic mass is 16.2. The van der Waals surface area contributed by atoms with Gasteiger partial charge in [0, 0.05) is 12.3 Å². The van der Waals surface area contributed by atoms with E-state index in [-0.39, 0.29) is 6.54 Å². The SMILES string of the molecule is Nc1cnc(Cn2ccc(=O)[nH]c2=O)cn1. The molecule has 0 aliphatic heterocycles. The highest BCUT2D eigenvalue weighted by molar-refractivity contribution is 5.22. The maximum Gasteiger partial charge on any atom is 0.328 e. The van der Waals surface area contributed by atoms with Gasteiger partial charge >= 0.3 is 5.69 Å². The molecule has 16 heavy (non-hydrogen) atoms. The van der Waals surface area contributed by atoms with E-state index in [0.29, 0.717) is 11.5 Å². The minimum absolute atomic E-state index is 0.239. The Hall–Kier alpha value is -2.44. The number of hydrogen-bond acceptors (Lipinski definition) is 5. The summed E-state index contributed by atoms with van der Waals surface area (Å²) in [5, 5.41) is 0. The molecule has 0 saturated heterocycles. The van der Waals surface area contributed by atoms with Crippen LogP contribution in [0.15, 0.2) is 34.2 Å². The van der Waals surface area contributed by atoms with Crippen molar-refractivity contribution in [3.8, 4) is 0 Å². The molecule has 0 radical (unpaired) electrons. The van der Waals surface area contributed by atoms with E-state index < -0.39 is 11.2 Å². The smallest absolute Gasteiger partial charge is 0.328 e. The van der Waals surface area contributed by atoms with Gasteiger partial charge < -0.3 is 5.73 Å². The van der Waals surface area contributed by atoms with Crippen LogP contribution in [-0.2, 0) is 6.54 Å². The van der Waals surface area contributed by atoms with Crippen LogP contribution in [0, 0.1) is 0 Å². The molecule has 0 saturated carbocycles. The number of anilines is 1. The van der Waals surface area contributed by atoms with Gasteiger partial charge in [0.25, 0.3) is 5.56 Å². The number of H-pyrrole nitrogens is 1. The third-order valence-electron chi connectivity index (χ3n) is 1.95. The predicted octanol–water partition coefficient (Wildman–Crippen LogP) is -1.04. The first kappa shape index (κ1) is 10.1. The second-order valence-electron chi connectivity index (χ2n) is 3.17. The van der Waals surface area contributed by atoms with Crippen molar-refractivity contribution >= 4 is 5.82 Å². The topological polar surface area (TPSA) is 107 Å². The van der Waals surface area contributed by atoms with Crippen LogP contribution in [0.1, 0.15) is 5.69 Å². The van der Waals surface area contributed by atoms with Crippen LogP contribution in [0.25, 0.3) is 0 Å². The average molecular weight is 219 g/mol. The number of aromatic amines is 1. The zero-order chi connectivity index (χ0) is 11.5. The van der Waals surface area contributed by atoms with E-state index in [2.05, 4.69) is 15.0 Å². The molecule has 82 valence electrons. The summed E-state index contributed by atoms with van der Waals surface area (Å²) in [7, 11) is 0. The van der Waals surface area contributed by atoms with Crippen LogP contribution in [0.4, 0.5) is 5.82 Å². The Morgan fingerprint density at radius 3 is 2.75 bits per heavy atom. The Balaban J connectivity index is 2.30. The number of nitrogen functional groups attached to an aromatic ring is 1. The third-order valence-corrected chi connectivity index (χ3v) is 1.95. The van der Waals surface area contributed by atoms with Gasteiger partial charge in [0.2, 0.25) is 0 Å². The van der Waals surface area contributed by atoms with Crippen LogP contribution in [0.5, 0.6) is 0 Å². The summed E-state index contributed by atoms with van der Waals surface area (Å²) in [5.41, 5.74) is 5.06. The lowest BCUT2D eigenvalue weighted by Gasteiger charge is -2.03. The molecule has 0 amide bonds. The van der Waals surface area contributed by atoms with Crippen molar-refractivity contribution in [1.29, 1.82) is 0 Å². The lowest BCUT2D eigenvalue weighted by molar-refractivity contribution is 0.702. The molecule has 2 rings (SSSR count). The predicted molar refractivity (Wildman–Crippen MR) is 56.9 cm³/mol. The van der Waals surface area contributed by atoms with Crippen LogP contribution >= 0.6 is 0 Å². The van der Waals surface area contributed by atoms with Crippen molar-refractivity contribution in [2.75, 3.05) is 5.73 Å². The van der Waals surface area contributed by atoms with Crippen molar-refractivity contribution in [1.82, 2.24) is 19.5 Å². The quantitative estimate of drug-likeness (QED) is 0.670. The molecule has 0 atom stereocenters. The Kier molecular flexibility index (Phi) is 2.50. The van der Waals surface area contributed by atoms with Gasteiger partial charge in [-0.15, -0.1) is 0 Å². The number of nitrogens with two attached hydrogens (primary N) is 1. The van der Waals surface area contributed by atoms with Gasteiger partial charge in [-0.1, -0.05) is 0 Å². The lowest BCUT2D eigenvalue weighted by Crippen LogP contribution is -2.29. The molecule has 3 N–H and O–H groups in total. The zero-order valence-corrected chi connectivity index (χ0v) is 8.25. The molecule has 0 aromatic carbocycles. The first-order valence-corrected chi connectivity index (χ1v) is 4.51. The van der Waals surface area contributed by atoms with Crippen molar-refractivity contribution in [2.24, 2.45) is 0 Å².